The van der Waals surface area contributed by atoms with Gasteiger partial charge in [-0.15, -0.1) is 11.3 Å². The normalized spacial score (nSPS) is 10.6. The summed E-state index contributed by atoms with van der Waals surface area (Å²) in [5, 5.41) is 8.86. The summed E-state index contributed by atoms with van der Waals surface area (Å²) >= 11 is 7.51. The van der Waals surface area contributed by atoms with E-state index in [4.69, 9.17) is 16.9 Å². The van der Waals surface area contributed by atoms with E-state index in [1.54, 1.807) is 11.3 Å². The monoisotopic (exact) mass is 276 g/mol. The molecule has 0 radical (unpaired) electrons. The Kier molecular flexibility index (Phi) is 4.38. The zero-order chi connectivity index (χ0) is 13.0. The number of hydrogen-bond acceptors (Lipinski definition) is 3. The van der Waals surface area contributed by atoms with Crippen molar-refractivity contribution in [1.82, 2.24) is 4.90 Å². The van der Waals surface area contributed by atoms with Crippen LogP contribution in [0.2, 0.25) is 4.34 Å². The van der Waals surface area contributed by atoms with Gasteiger partial charge in [0, 0.05) is 18.0 Å². The molecule has 2 rings (SSSR count). The number of nitriles is 1. The number of hydrogen-bond donors (Lipinski definition) is 0. The zero-order valence-corrected chi connectivity index (χ0v) is 11.6. The number of benzene rings is 1. The summed E-state index contributed by atoms with van der Waals surface area (Å²) in [7, 11) is 2.06. The highest BCUT2D eigenvalue weighted by Crippen LogP contribution is 2.22. The highest BCUT2D eigenvalue weighted by molar-refractivity contribution is 7.16. The van der Waals surface area contributed by atoms with Gasteiger partial charge < -0.3 is 0 Å². The van der Waals surface area contributed by atoms with Crippen molar-refractivity contribution in [2.75, 3.05) is 7.05 Å². The van der Waals surface area contributed by atoms with E-state index in [0.717, 1.165) is 23.0 Å². The Bertz CT molecular complexity index is 571. The van der Waals surface area contributed by atoms with E-state index < -0.39 is 0 Å². The Hall–Kier alpha value is -1.34. The maximum Gasteiger partial charge on any atom is 0.0991 e. The summed E-state index contributed by atoms with van der Waals surface area (Å²) in [6, 6.07) is 13.8. The van der Waals surface area contributed by atoms with Gasteiger partial charge in [-0.1, -0.05) is 23.7 Å². The lowest BCUT2D eigenvalue weighted by molar-refractivity contribution is 0.322. The second-order valence-electron chi connectivity index (χ2n) is 4.19. The van der Waals surface area contributed by atoms with E-state index >= 15 is 0 Å². The fraction of sp³-hybridized carbons (Fsp3) is 0.214. The molecule has 0 fully saturated rings. The second-order valence-corrected chi connectivity index (χ2v) is 5.99. The van der Waals surface area contributed by atoms with Crippen molar-refractivity contribution in [3.05, 3.63) is 56.7 Å². The lowest BCUT2D eigenvalue weighted by atomic mass is 10.1. The molecule has 92 valence electrons. The van der Waals surface area contributed by atoms with Crippen LogP contribution in [0.15, 0.2) is 36.4 Å². The molecule has 0 saturated carbocycles. The Morgan fingerprint density at radius 2 is 2.11 bits per heavy atom. The average molecular weight is 277 g/mol. The summed E-state index contributed by atoms with van der Waals surface area (Å²) < 4.78 is 0.824. The van der Waals surface area contributed by atoms with Gasteiger partial charge in [0.1, 0.15) is 0 Å². The van der Waals surface area contributed by atoms with Gasteiger partial charge in [0.15, 0.2) is 0 Å². The van der Waals surface area contributed by atoms with Crippen LogP contribution in [-0.2, 0) is 13.1 Å². The Morgan fingerprint density at radius 1 is 1.28 bits per heavy atom. The molecule has 0 bridgehead atoms. The van der Waals surface area contributed by atoms with Gasteiger partial charge in [-0.3, -0.25) is 4.90 Å². The zero-order valence-electron chi connectivity index (χ0n) is 10.1. The quantitative estimate of drug-likeness (QED) is 0.847. The molecule has 0 aliphatic heterocycles. The number of thiophene rings is 1. The number of rotatable bonds is 4. The first-order chi connectivity index (χ1) is 8.67. The molecule has 0 N–H and O–H groups in total. The molecule has 0 aliphatic carbocycles. The van der Waals surface area contributed by atoms with Crippen LogP contribution in [0, 0.1) is 11.3 Å². The van der Waals surface area contributed by atoms with Crippen molar-refractivity contribution in [2.24, 2.45) is 0 Å². The van der Waals surface area contributed by atoms with E-state index in [9.17, 15) is 0 Å². The largest absolute Gasteiger partial charge is 0.297 e. The van der Waals surface area contributed by atoms with Gasteiger partial charge in [0.05, 0.1) is 16.0 Å². The van der Waals surface area contributed by atoms with Crippen LogP contribution in [0.4, 0.5) is 0 Å². The molecule has 1 heterocycles. The molecule has 2 aromatic rings. The minimum Gasteiger partial charge on any atom is -0.297 e. The maximum atomic E-state index is 8.86. The van der Waals surface area contributed by atoms with Gasteiger partial charge in [-0.2, -0.15) is 5.26 Å². The maximum absolute atomic E-state index is 8.86. The van der Waals surface area contributed by atoms with Crippen LogP contribution in [0.25, 0.3) is 0 Å². The van der Waals surface area contributed by atoms with Crippen LogP contribution in [0.5, 0.6) is 0 Å². The molecule has 18 heavy (non-hydrogen) atoms. The van der Waals surface area contributed by atoms with E-state index in [-0.39, 0.29) is 0 Å². The Balaban J connectivity index is 1.98. The molecule has 0 aliphatic rings. The predicted octanol–water partition coefficient (Wildman–Crippen LogP) is 3.91. The van der Waals surface area contributed by atoms with Crippen LogP contribution < -0.4 is 0 Å². The second kappa shape index (κ2) is 6.01. The summed E-state index contributed by atoms with van der Waals surface area (Å²) in [5.74, 6) is 0. The summed E-state index contributed by atoms with van der Waals surface area (Å²) in [5.41, 5.74) is 1.86. The molecular formula is C14H13ClN2S. The van der Waals surface area contributed by atoms with Crippen molar-refractivity contribution >= 4 is 22.9 Å². The molecule has 1 aromatic carbocycles. The average Bonchev–Trinajstić information content (AvgIpc) is 2.74. The number of halogens is 1. The van der Waals surface area contributed by atoms with Crippen LogP contribution >= 0.6 is 22.9 Å². The molecule has 2 nitrogen and oxygen atoms in total. The van der Waals surface area contributed by atoms with Crippen LogP contribution in [0.3, 0.4) is 0 Å². The fourth-order valence-corrected chi connectivity index (χ4v) is 2.98. The standard InChI is InChI=1S/C14H13ClN2S/c1-17(10-13-5-6-14(15)18-13)9-12-4-2-3-11(7-12)8-16/h2-7H,9-10H2,1H3. The molecule has 1 aromatic heterocycles. The lowest BCUT2D eigenvalue weighted by Crippen LogP contribution is -2.16. The van der Waals surface area contributed by atoms with E-state index in [0.29, 0.717) is 5.56 Å². The molecule has 0 amide bonds. The topological polar surface area (TPSA) is 27.0 Å². The molecule has 0 saturated heterocycles. The van der Waals surface area contributed by atoms with Crippen molar-refractivity contribution in [3.63, 3.8) is 0 Å². The van der Waals surface area contributed by atoms with E-state index in [1.807, 2.05) is 30.3 Å². The summed E-state index contributed by atoms with van der Waals surface area (Å²) in [4.78, 5) is 3.46. The fourth-order valence-electron chi connectivity index (χ4n) is 1.81. The van der Waals surface area contributed by atoms with Crippen LogP contribution in [0.1, 0.15) is 16.0 Å². The molecule has 0 spiro atoms. The highest BCUT2D eigenvalue weighted by atomic mass is 35.5. The van der Waals surface area contributed by atoms with Crippen LogP contribution in [-0.4, -0.2) is 11.9 Å². The van der Waals surface area contributed by atoms with Crippen molar-refractivity contribution in [3.8, 4) is 6.07 Å². The van der Waals surface area contributed by atoms with Gasteiger partial charge in [0.25, 0.3) is 0 Å². The lowest BCUT2D eigenvalue weighted by Gasteiger charge is -2.15. The number of nitrogens with zero attached hydrogens (tertiary/aromatic N) is 2. The SMILES string of the molecule is CN(Cc1cccc(C#N)c1)Cc1ccc(Cl)s1. The molecular weight excluding hydrogens is 264 g/mol. The first-order valence-electron chi connectivity index (χ1n) is 5.59. The highest BCUT2D eigenvalue weighted by Gasteiger charge is 2.04. The molecule has 0 unspecified atom stereocenters. The Labute approximate surface area is 116 Å². The smallest absolute Gasteiger partial charge is 0.0991 e. The molecule has 0 atom stereocenters. The molecule has 4 heteroatoms. The predicted molar refractivity (Wildman–Crippen MR) is 75.7 cm³/mol. The minimum absolute atomic E-state index is 0.708. The first kappa shape index (κ1) is 13.1. The van der Waals surface area contributed by atoms with Crippen molar-refractivity contribution in [1.29, 1.82) is 5.26 Å². The van der Waals surface area contributed by atoms with E-state index in [1.165, 1.54) is 4.88 Å². The van der Waals surface area contributed by atoms with Crippen molar-refractivity contribution < 1.29 is 0 Å². The Morgan fingerprint density at radius 3 is 2.78 bits per heavy atom. The minimum atomic E-state index is 0.708. The third-order valence-electron chi connectivity index (χ3n) is 2.56. The van der Waals surface area contributed by atoms with Gasteiger partial charge in [-0.25, -0.2) is 0 Å². The van der Waals surface area contributed by atoms with Gasteiger partial charge in [0.2, 0.25) is 0 Å². The van der Waals surface area contributed by atoms with Gasteiger partial charge in [-0.05, 0) is 36.9 Å². The summed E-state index contributed by atoms with van der Waals surface area (Å²) in [6.45, 7) is 1.69. The van der Waals surface area contributed by atoms with Crippen molar-refractivity contribution in [2.45, 2.75) is 13.1 Å². The first-order valence-corrected chi connectivity index (χ1v) is 6.78. The van der Waals surface area contributed by atoms with Gasteiger partial charge >= 0.3 is 0 Å². The summed E-state index contributed by atoms with van der Waals surface area (Å²) in [6.07, 6.45) is 0. The third-order valence-corrected chi connectivity index (χ3v) is 3.78. The van der Waals surface area contributed by atoms with E-state index in [2.05, 4.69) is 24.1 Å². The third kappa shape index (κ3) is 3.58.